The molecule has 278 valence electrons. The fourth-order valence-corrected chi connectivity index (χ4v) is 5.93. The van der Waals surface area contributed by atoms with Crippen LogP contribution in [0.3, 0.4) is 0 Å². The summed E-state index contributed by atoms with van der Waals surface area (Å²) in [6.07, 6.45) is 3.18. The number of carbonyl (C=O) groups is 5. The van der Waals surface area contributed by atoms with Gasteiger partial charge in [-0.15, -0.1) is 0 Å². The number of ether oxygens (including phenoxy) is 6. The number of nitrogens with one attached hydrogen (secondary N) is 6. The second kappa shape index (κ2) is 19.9. The molecule has 0 aromatic rings. The Morgan fingerprint density at radius 1 is 0.816 bits per heavy atom. The number of hydrogen-bond donors (Lipinski definition) is 6. The van der Waals surface area contributed by atoms with Gasteiger partial charge in [-0.25, -0.2) is 15.6 Å². The largest absolute Gasteiger partial charge is 0.443 e. The normalized spacial score (nSPS) is 26.7. The number of allylic oxidation sites excluding steroid dienone is 1. The maximum Gasteiger partial charge on any atom is 0.407 e. The second-order valence-electron chi connectivity index (χ2n) is 12.8. The summed E-state index contributed by atoms with van der Waals surface area (Å²) in [5, 5.41) is 10.1. The molecule has 4 unspecified atom stereocenters. The topological polar surface area (TPSA) is 220 Å². The van der Waals surface area contributed by atoms with Gasteiger partial charge in [-0.2, -0.15) is 0 Å². The molecule has 0 aromatic heterocycles. The first-order valence-corrected chi connectivity index (χ1v) is 16.7. The molecule has 17 nitrogen and oxygen atoms in total. The molecule has 3 fully saturated rings. The molecule has 4 amide bonds. The van der Waals surface area contributed by atoms with Crippen molar-refractivity contribution < 1.29 is 52.4 Å². The Bertz CT molecular complexity index is 1160. The van der Waals surface area contributed by atoms with Crippen molar-refractivity contribution in [2.24, 2.45) is 5.92 Å². The minimum absolute atomic E-state index is 0.0480. The summed E-state index contributed by atoms with van der Waals surface area (Å²) in [5.41, 5.74) is 5.66. The summed E-state index contributed by atoms with van der Waals surface area (Å²) in [7, 11) is 1.64. The predicted octanol–water partition coefficient (Wildman–Crippen LogP) is -1.15. The summed E-state index contributed by atoms with van der Waals surface area (Å²) in [6, 6.07) is 0. The van der Waals surface area contributed by atoms with Crippen LogP contribution in [-0.2, 0) is 47.6 Å². The van der Waals surface area contributed by atoms with Crippen molar-refractivity contribution in [3.05, 3.63) is 11.6 Å². The molecule has 1 aliphatic carbocycles. The molecule has 6 atom stereocenters. The molecule has 2 aliphatic heterocycles. The van der Waals surface area contributed by atoms with E-state index in [-0.39, 0.29) is 88.6 Å². The molecular weight excluding hydrogens is 644 g/mol. The lowest BCUT2D eigenvalue weighted by Gasteiger charge is -2.42. The average Bonchev–Trinajstić information content (AvgIpc) is 3.98. The number of methoxy groups -OCH3 is 1. The van der Waals surface area contributed by atoms with Gasteiger partial charge in [0, 0.05) is 20.2 Å². The lowest BCUT2D eigenvalue weighted by atomic mass is 9.68. The molecule has 1 saturated carbocycles. The van der Waals surface area contributed by atoms with Crippen molar-refractivity contribution >= 4 is 29.6 Å². The van der Waals surface area contributed by atoms with E-state index in [0.29, 0.717) is 19.6 Å². The monoisotopic (exact) mass is 698 g/mol. The van der Waals surface area contributed by atoms with Crippen LogP contribution in [-0.4, -0.2) is 139 Å². The van der Waals surface area contributed by atoms with Gasteiger partial charge >= 0.3 is 6.09 Å². The van der Waals surface area contributed by atoms with Crippen LogP contribution in [0.25, 0.3) is 0 Å². The average molecular weight is 699 g/mol. The lowest BCUT2D eigenvalue weighted by molar-refractivity contribution is -0.127. The fourth-order valence-electron chi connectivity index (χ4n) is 5.93. The number of amides is 4. The highest BCUT2D eigenvalue weighted by molar-refractivity contribution is 5.88. The zero-order chi connectivity index (χ0) is 35.9. The standard InChI is InChI=1S/C32H54N6O11/c1-21(2)6-7-24-31(4,49-24)29-28(44-5)23(8-9-32(29)20-47-32)48-30(43)34-11-13-46-15-14-45-12-10-33-25(40)17-35-26(41)18-36-27(42)19-38-37-16-22(3)39/h6,23-24,28-29,37-38H,7-20H2,1-5H3,(H,33,40)(H,34,43)(H,35,41)(H,36,42)/t23?,24-,28?,29?,31?,32+/m1/s1. The number of carbonyl (C=O) groups excluding carboxylic acids is 5. The highest BCUT2D eigenvalue weighted by Crippen LogP contribution is 2.59. The molecule has 0 radical (unpaired) electrons. The van der Waals surface area contributed by atoms with Crippen molar-refractivity contribution in [1.29, 1.82) is 0 Å². The number of rotatable bonds is 23. The van der Waals surface area contributed by atoms with E-state index in [0.717, 1.165) is 12.8 Å². The number of alkyl carbamates (subject to hydrolysis) is 1. The van der Waals surface area contributed by atoms with Crippen LogP contribution in [0.4, 0.5) is 4.79 Å². The molecule has 17 heteroatoms. The summed E-state index contributed by atoms with van der Waals surface area (Å²) in [4.78, 5) is 58.7. The number of Topliss-reactive ketones (excluding diaryl/α,β-unsaturated/α-hetero) is 1. The van der Waals surface area contributed by atoms with E-state index in [1.807, 2.05) is 0 Å². The maximum absolute atomic E-state index is 12.6. The summed E-state index contributed by atoms with van der Waals surface area (Å²) < 4.78 is 34.8. The number of hydrogen-bond acceptors (Lipinski definition) is 13. The Balaban J connectivity index is 1.18. The molecule has 0 aromatic carbocycles. The predicted molar refractivity (Wildman–Crippen MR) is 175 cm³/mol. The molecule has 3 rings (SSSR count). The quantitative estimate of drug-likeness (QED) is 0.0322. The van der Waals surface area contributed by atoms with Gasteiger partial charge in [-0.1, -0.05) is 11.6 Å². The van der Waals surface area contributed by atoms with E-state index >= 15 is 0 Å². The fraction of sp³-hybridized carbons (Fsp3) is 0.781. The second-order valence-corrected chi connectivity index (χ2v) is 12.8. The van der Waals surface area contributed by atoms with Gasteiger partial charge in [-0.3, -0.25) is 19.2 Å². The molecule has 6 N–H and O–H groups in total. The van der Waals surface area contributed by atoms with E-state index in [2.05, 4.69) is 59.0 Å². The summed E-state index contributed by atoms with van der Waals surface area (Å²) >= 11 is 0. The van der Waals surface area contributed by atoms with Gasteiger partial charge < -0.3 is 49.7 Å². The SMILES string of the molecule is COC1C(OC(=O)NCCOCCOCCNC(=O)CNC(=O)CNC(=O)CNNCC(C)=O)CC[C@]2(CO2)C1C1(C)O[C@@H]1CC=C(C)C. The van der Waals surface area contributed by atoms with Crippen molar-refractivity contribution in [1.82, 2.24) is 32.1 Å². The Hall–Kier alpha value is -3.19. The number of ketones is 1. The van der Waals surface area contributed by atoms with Crippen LogP contribution in [0.15, 0.2) is 11.6 Å². The minimum atomic E-state index is -0.537. The Morgan fingerprint density at radius 3 is 2.00 bits per heavy atom. The maximum atomic E-state index is 12.6. The van der Waals surface area contributed by atoms with Crippen LogP contribution in [0.5, 0.6) is 0 Å². The third-order valence-electron chi connectivity index (χ3n) is 8.56. The van der Waals surface area contributed by atoms with Gasteiger partial charge in [-0.05, 0) is 47.0 Å². The highest BCUT2D eigenvalue weighted by atomic mass is 16.6. The van der Waals surface area contributed by atoms with Crippen LogP contribution >= 0.6 is 0 Å². The molecular formula is C32H54N6O11. The van der Waals surface area contributed by atoms with Gasteiger partial charge in [0.05, 0.1) is 71.2 Å². The van der Waals surface area contributed by atoms with Gasteiger partial charge in [0.2, 0.25) is 17.7 Å². The van der Waals surface area contributed by atoms with Crippen LogP contribution in [0.2, 0.25) is 0 Å². The zero-order valence-electron chi connectivity index (χ0n) is 29.3. The Labute approximate surface area is 287 Å². The first kappa shape index (κ1) is 40.2. The first-order chi connectivity index (χ1) is 23.4. The van der Waals surface area contributed by atoms with E-state index in [4.69, 9.17) is 28.4 Å². The highest BCUT2D eigenvalue weighted by Gasteiger charge is 2.72. The van der Waals surface area contributed by atoms with Crippen molar-refractivity contribution in [2.75, 3.05) is 79.4 Å². The van der Waals surface area contributed by atoms with Crippen LogP contribution in [0, 0.1) is 5.92 Å². The molecule has 3 aliphatic rings. The van der Waals surface area contributed by atoms with Crippen LogP contribution in [0.1, 0.15) is 47.0 Å². The third kappa shape index (κ3) is 13.6. The molecule has 0 bridgehead atoms. The van der Waals surface area contributed by atoms with Gasteiger partial charge in [0.1, 0.15) is 29.2 Å². The van der Waals surface area contributed by atoms with E-state index in [9.17, 15) is 24.0 Å². The summed E-state index contributed by atoms with van der Waals surface area (Å²) in [6.45, 7) is 9.27. The number of epoxide rings is 2. The number of hydrazine groups is 1. The Morgan fingerprint density at radius 2 is 1.41 bits per heavy atom. The molecule has 1 spiro atoms. The Kier molecular flexibility index (Phi) is 16.3. The van der Waals surface area contributed by atoms with Gasteiger partial charge in [0.15, 0.2) is 0 Å². The molecule has 49 heavy (non-hydrogen) atoms. The minimum Gasteiger partial charge on any atom is -0.443 e. The first-order valence-electron chi connectivity index (χ1n) is 16.7. The van der Waals surface area contributed by atoms with E-state index < -0.39 is 35.5 Å². The molecule has 2 heterocycles. The third-order valence-corrected chi connectivity index (χ3v) is 8.56. The van der Waals surface area contributed by atoms with Gasteiger partial charge in [0.25, 0.3) is 0 Å². The van der Waals surface area contributed by atoms with E-state index in [1.54, 1.807) is 7.11 Å². The zero-order valence-corrected chi connectivity index (χ0v) is 29.3. The molecule has 2 saturated heterocycles. The van der Waals surface area contributed by atoms with Crippen molar-refractivity contribution in [2.45, 2.75) is 76.5 Å². The van der Waals surface area contributed by atoms with Crippen molar-refractivity contribution in [3.63, 3.8) is 0 Å². The lowest BCUT2D eigenvalue weighted by Crippen LogP contribution is -2.56. The van der Waals surface area contributed by atoms with E-state index in [1.165, 1.54) is 12.5 Å². The smallest absolute Gasteiger partial charge is 0.407 e. The van der Waals surface area contributed by atoms with Crippen molar-refractivity contribution in [3.8, 4) is 0 Å². The van der Waals surface area contributed by atoms with Crippen LogP contribution < -0.4 is 32.1 Å². The summed E-state index contributed by atoms with van der Waals surface area (Å²) in [5.74, 6) is -1.53.